The second-order valence-corrected chi connectivity index (χ2v) is 8.32. The number of hydrogen-bond acceptors (Lipinski definition) is 6. The third kappa shape index (κ3) is 5.11. The molecule has 8 heteroatoms. The molecule has 0 radical (unpaired) electrons. The van der Waals surface area contributed by atoms with Gasteiger partial charge in [0.1, 0.15) is 13.2 Å². The summed E-state index contributed by atoms with van der Waals surface area (Å²) in [6.45, 7) is 10.7. The normalized spacial score (nSPS) is 12.6. The molecule has 2 heterocycles. The fourth-order valence-electron chi connectivity index (χ4n) is 3.49. The maximum absolute atomic E-state index is 13.4. The van der Waals surface area contributed by atoms with Crippen molar-refractivity contribution in [1.82, 2.24) is 9.88 Å². The molecule has 0 aliphatic carbocycles. The predicted octanol–water partition coefficient (Wildman–Crippen LogP) is 4.79. The van der Waals surface area contributed by atoms with Crippen LogP contribution in [0.15, 0.2) is 36.4 Å². The molecule has 0 saturated carbocycles. The van der Waals surface area contributed by atoms with E-state index in [-0.39, 0.29) is 18.3 Å². The van der Waals surface area contributed by atoms with Gasteiger partial charge in [-0.05, 0) is 32.1 Å². The lowest BCUT2D eigenvalue weighted by Crippen LogP contribution is -2.38. The Morgan fingerprint density at radius 3 is 2.32 bits per heavy atom. The molecule has 0 saturated heterocycles. The van der Waals surface area contributed by atoms with Crippen molar-refractivity contribution in [3.8, 4) is 11.5 Å². The van der Waals surface area contributed by atoms with E-state index in [1.54, 1.807) is 4.90 Å². The minimum absolute atomic E-state index is 0. The Balaban J connectivity index is 0.00000272. The molecule has 0 fully saturated rings. The minimum atomic E-state index is -0.0292. The number of benzene rings is 2. The quantitative estimate of drug-likeness (QED) is 0.506. The van der Waals surface area contributed by atoms with E-state index in [9.17, 15) is 4.79 Å². The zero-order chi connectivity index (χ0) is 21.1. The smallest absolute Gasteiger partial charge is 0.260 e. The molecule has 1 aliphatic heterocycles. The van der Waals surface area contributed by atoms with Gasteiger partial charge in [0.05, 0.1) is 10.2 Å². The third-order valence-electron chi connectivity index (χ3n) is 5.35. The van der Waals surface area contributed by atoms with E-state index in [0.717, 1.165) is 41.2 Å². The van der Waals surface area contributed by atoms with Crippen LogP contribution in [0.3, 0.4) is 0 Å². The molecule has 1 aliphatic rings. The Labute approximate surface area is 193 Å². The van der Waals surface area contributed by atoms with Crippen molar-refractivity contribution in [3.05, 3.63) is 47.5 Å². The van der Waals surface area contributed by atoms with Gasteiger partial charge < -0.3 is 14.4 Å². The largest absolute Gasteiger partial charge is 0.486 e. The minimum Gasteiger partial charge on any atom is -0.486 e. The van der Waals surface area contributed by atoms with Crippen LogP contribution < -0.4 is 14.4 Å². The first-order valence-corrected chi connectivity index (χ1v) is 11.2. The first-order valence-electron chi connectivity index (χ1n) is 10.4. The van der Waals surface area contributed by atoms with Crippen molar-refractivity contribution in [2.75, 3.05) is 44.3 Å². The van der Waals surface area contributed by atoms with E-state index in [0.29, 0.717) is 36.2 Å². The van der Waals surface area contributed by atoms with Gasteiger partial charge in [-0.3, -0.25) is 9.69 Å². The van der Waals surface area contributed by atoms with Crippen LogP contribution >= 0.6 is 23.7 Å². The Morgan fingerprint density at radius 2 is 1.68 bits per heavy atom. The lowest BCUT2D eigenvalue weighted by Gasteiger charge is -2.24. The van der Waals surface area contributed by atoms with Gasteiger partial charge in [0.25, 0.3) is 5.91 Å². The predicted molar refractivity (Wildman–Crippen MR) is 129 cm³/mol. The molecular formula is C23H28ClN3O3S. The van der Waals surface area contributed by atoms with Crippen LogP contribution in [0.2, 0.25) is 0 Å². The fourth-order valence-corrected chi connectivity index (χ4v) is 4.49. The second-order valence-electron chi connectivity index (χ2n) is 7.31. The summed E-state index contributed by atoms with van der Waals surface area (Å²) in [7, 11) is 0. The molecule has 4 rings (SSSR count). The topological polar surface area (TPSA) is 54.9 Å². The zero-order valence-electron chi connectivity index (χ0n) is 18.1. The Bertz CT molecular complexity index is 991. The SMILES string of the molecule is CCN(CC)CCN(C(=O)c1ccc(C)cc1)c1nc2cc3c(cc2s1)OCCO3.Cl. The molecule has 1 aromatic heterocycles. The van der Waals surface area contributed by atoms with Crippen LogP contribution in [0.25, 0.3) is 10.2 Å². The van der Waals surface area contributed by atoms with Gasteiger partial charge >= 0.3 is 0 Å². The van der Waals surface area contributed by atoms with Crippen LogP contribution in [0.5, 0.6) is 11.5 Å². The van der Waals surface area contributed by atoms with Crippen molar-refractivity contribution < 1.29 is 14.3 Å². The zero-order valence-corrected chi connectivity index (χ0v) is 19.7. The van der Waals surface area contributed by atoms with Crippen LogP contribution in [0, 0.1) is 6.92 Å². The Kier molecular flexibility index (Phi) is 7.75. The van der Waals surface area contributed by atoms with Crippen LogP contribution in [0.1, 0.15) is 29.8 Å². The van der Waals surface area contributed by atoms with E-state index in [1.807, 2.05) is 43.3 Å². The number of aryl methyl sites for hydroxylation is 1. The van der Waals surface area contributed by atoms with Gasteiger partial charge in [-0.1, -0.05) is 42.9 Å². The van der Waals surface area contributed by atoms with Crippen LogP contribution in [-0.4, -0.2) is 55.2 Å². The summed E-state index contributed by atoms with van der Waals surface area (Å²) in [6.07, 6.45) is 0. The highest BCUT2D eigenvalue weighted by Gasteiger charge is 2.23. The van der Waals surface area contributed by atoms with Gasteiger partial charge in [0.15, 0.2) is 16.6 Å². The molecule has 1 amide bonds. The highest BCUT2D eigenvalue weighted by Crippen LogP contribution is 2.39. The number of likely N-dealkylation sites (N-methyl/N-ethyl adjacent to an activating group) is 1. The van der Waals surface area contributed by atoms with E-state index < -0.39 is 0 Å². The number of nitrogens with zero attached hydrogens (tertiary/aromatic N) is 3. The van der Waals surface area contributed by atoms with E-state index in [2.05, 4.69) is 18.7 Å². The highest BCUT2D eigenvalue weighted by atomic mass is 35.5. The molecule has 0 spiro atoms. The molecule has 0 atom stereocenters. The Morgan fingerprint density at radius 1 is 1.03 bits per heavy atom. The van der Waals surface area contributed by atoms with Crippen molar-refractivity contribution in [2.45, 2.75) is 20.8 Å². The van der Waals surface area contributed by atoms with Gasteiger partial charge in [-0.15, -0.1) is 12.4 Å². The standard InChI is InChI=1S/C23H27N3O3S.ClH/c1-4-25(5-2)10-11-26(22(27)17-8-6-16(3)7-9-17)23-24-18-14-19-20(15-21(18)30-23)29-13-12-28-19;/h6-9,14-15H,4-5,10-13H2,1-3H3;1H. The van der Waals surface area contributed by atoms with Crippen LogP contribution in [0.4, 0.5) is 5.13 Å². The summed E-state index contributed by atoms with van der Waals surface area (Å²) in [5, 5.41) is 0.699. The maximum atomic E-state index is 13.4. The number of carbonyl (C=O) groups is 1. The average Bonchev–Trinajstić information content (AvgIpc) is 3.17. The highest BCUT2D eigenvalue weighted by molar-refractivity contribution is 7.22. The molecule has 0 N–H and O–H groups in total. The number of rotatable bonds is 7. The molecule has 6 nitrogen and oxygen atoms in total. The molecule has 3 aromatic rings. The summed E-state index contributed by atoms with van der Waals surface area (Å²) in [4.78, 5) is 22.3. The number of ether oxygens (including phenoxy) is 2. The third-order valence-corrected chi connectivity index (χ3v) is 6.39. The summed E-state index contributed by atoms with van der Waals surface area (Å²) in [5.41, 5.74) is 2.63. The fraction of sp³-hybridized carbons (Fsp3) is 0.391. The van der Waals surface area contributed by atoms with Gasteiger partial charge in [-0.2, -0.15) is 0 Å². The molecule has 0 unspecified atom stereocenters. The lowest BCUT2D eigenvalue weighted by molar-refractivity contribution is 0.0984. The summed E-state index contributed by atoms with van der Waals surface area (Å²) >= 11 is 1.51. The van der Waals surface area contributed by atoms with E-state index >= 15 is 0 Å². The number of thiazole rings is 1. The summed E-state index contributed by atoms with van der Waals surface area (Å²) in [5.74, 6) is 1.42. The maximum Gasteiger partial charge on any atom is 0.260 e. The van der Waals surface area contributed by atoms with Crippen molar-refractivity contribution in [1.29, 1.82) is 0 Å². The lowest BCUT2D eigenvalue weighted by atomic mass is 10.1. The number of fused-ring (bicyclic) bond motifs is 2. The summed E-state index contributed by atoms with van der Waals surface area (Å²) < 4.78 is 12.4. The molecule has 31 heavy (non-hydrogen) atoms. The van der Waals surface area contributed by atoms with Gasteiger partial charge in [0.2, 0.25) is 0 Å². The van der Waals surface area contributed by atoms with E-state index in [4.69, 9.17) is 14.5 Å². The summed E-state index contributed by atoms with van der Waals surface area (Å²) in [6, 6.07) is 11.6. The first kappa shape index (κ1) is 23.3. The average molecular weight is 462 g/mol. The molecule has 0 bridgehead atoms. The number of halogens is 1. The monoisotopic (exact) mass is 461 g/mol. The number of aromatic nitrogens is 1. The molecule has 166 valence electrons. The number of amides is 1. The van der Waals surface area contributed by atoms with Crippen LogP contribution in [-0.2, 0) is 0 Å². The van der Waals surface area contributed by atoms with Crippen molar-refractivity contribution in [3.63, 3.8) is 0 Å². The van der Waals surface area contributed by atoms with Crippen molar-refractivity contribution in [2.24, 2.45) is 0 Å². The Hall–Kier alpha value is -2.35. The van der Waals surface area contributed by atoms with E-state index in [1.165, 1.54) is 11.3 Å². The van der Waals surface area contributed by atoms with Gasteiger partial charge in [-0.25, -0.2) is 4.98 Å². The van der Waals surface area contributed by atoms with Gasteiger partial charge in [0, 0.05) is 30.8 Å². The molecule has 2 aromatic carbocycles. The first-order chi connectivity index (χ1) is 14.6. The second kappa shape index (κ2) is 10.3. The molecular weight excluding hydrogens is 434 g/mol. The number of anilines is 1. The van der Waals surface area contributed by atoms with Crippen molar-refractivity contribution >= 4 is 45.0 Å². The number of carbonyl (C=O) groups excluding carboxylic acids is 1. The number of hydrogen-bond donors (Lipinski definition) is 0.